The fourth-order valence-corrected chi connectivity index (χ4v) is 4.66. The van der Waals surface area contributed by atoms with Crippen LogP contribution in [0.4, 0.5) is 14.6 Å². The maximum absolute atomic E-state index is 14.9. The van der Waals surface area contributed by atoms with Crippen molar-refractivity contribution in [3.8, 4) is 34.1 Å². The second kappa shape index (κ2) is 8.51. The highest BCUT2D eigenvalue weighted by molar-refractivity contribution is 5.73. The number of hydrogen-bond donors (Lipinski definition) is 2. The summed E-state index contributed by atoms with van der Waals surface area (Å²) in [5.74, 6) is -0.939. The summed E-state index contributed by atoms with van der Waals surface area (Å²) in [6.45, 7) is 0. The number of fused-ring (bicyclic) bond motifs is 2. The molecule has 0 unspecified atom stereocenters. The van der Waals surface area contributed by atoms with Gasteiger partial charge in [0.25, 0.3) is 0 Å². The van der Waals surface area contributed by atoms with Gasteiger partial charge in [-0.1, -0.05) is 6.07 Å². The summed E-state index contributed by atoms with van der Waals surface area (Å²) >= 11 is 0. The van der Waals surface area contributed by atoms with Crippen molar-refractivity contribution in [2.75, 3.05) is 19.0 Å². The third kappa shape index (κ3) is 4.06. The number of nitrogens with one attached hydrogen (secondary N) is 1. The summed E-state index contributed by atoms with van der Waals surface area (Å²) in [6, 6.07) is 6.68. The molecule has 1 aromatic carbocycles. The minimum atomic E-state index is -2.78. The van der Waals surface area contributed by atoms with E-state index in [1.54, 1.807) is 18.0 Å². The van der Waals surface area contributed by atoms with E-state index < -0.39 is 25.0 Å². The van der Waals surface area contributed by atoms with E-state index in [-0.39, 0.29) is 34.8 Å². The molecule has 2 aromatic heterocycles. The topological polar surface area (TPSA) is 96.3 Å². The standard InChI is InChI=1S/C23H24F2N6O2/c1-31(17-10-14-4-6-16(27-14)22(17)25)20-11-26-23(30-29-20)15-5-3-12(7-18(15)32)13-8-19(24)28-21(9-13)33-2/h3,5,7-9,11,14,16-17,22,27,32H,4,6,10H2,1-2H3/t14-,16-,17-,22+/m0/s1/i2D3. The molecule has 0 spiro atoms. The Kier molecular flexibility index (Phi) is 4.66. The molecule has 0 radical (unpaired) electrons. The first-order valence-corrected chi connectivity index (χ1v) is 10.6. The first-order valence-electron chi connectivity index (χ1n) is 12.1. The number of anilines is 1. The molecule has 4 heterocycles. The lowest BCUT2D eigenvalue weighted by Gasteiger charge is -2.38. The van der Waals surface area contributed by atoms with E-state index in [1.807, 2.05) is 0 Å². The van der Waals surface area contributed by atoms with Crippen molar-refractivity contribution in [1.82, 2.24) is 25.5 Å². The molecule has 4 atom stereocenters. The molecule has 0 saturated carbocycles. The van der Waals surface area contributed by atoms with Crippen LogP contribution in [0, 0.1) is 5.95 Å². The van der Waals surface area contributed by atoms with Gasteiger partial charge in [-0.25, -0.2) is 9.37 Å². The summed E-state index contributed by atoms with van der Waals surface area (Å²) in [5, 5.41) is 22.2. The van der Waals surface area contributed by atoms with Crippen LogP contribution in [0.1, 0.15) is 23.4 Å². The largest absolute Gasteiger partial charge is 0.507 e. The molecule has 2 aliphatic rings. The minimum absolute atomic E-state index is 0.142. The van der Waals surface area contributed by atoms with Gasteiger partial charge in [0.2, 0.25) is 11.8 Å². The van der Waals surface area contributed by atoms with Crippen molar-refractivity contribution in [1.29, 1.82) is 0 Å². The van der Waals surface area contributed by atoms with Gasteiger partial charge in [0.05, 0.1) is 29.0 Å². The lowest BCUT2D eigenvalue weighted by Crippen LogP contribution is -2.55. The Hall–Kier alpha value is -3.40. The Balaban J connectivity index is 1.35. The lowest BCUT2D eigenvalue weighted by molar-refractivity contribution is 0.176. The number of rotatable bonds is 5. The van der Waals surface area contributed by atoms with Crippen molar-refractivity contribution >= 4 is 5.82 Å². The molecule has 3 aromatic rings. The monoisotopic (exact) mass is 457 g/mol. The highest BCUT2D eigenvalue weighted by Crippen LogP contribution is 2.35. The summed E-state index contributed by atoms with van der Waals surface area (Å²) < 4.78 is 55.0. The van der Waals surface area contributed by atoms with Crippen molar-refractivity contribution < 1.29 is 22.7 Å². The van der Waals surface area contributed by atoms with Crippen LogP contribution in [0.3, 0.4) is 0 Å². The number of hydrogen-bond acceptors (Lipinski definition) is 8. The van der Waals surface area contributed by atoms with Crippen molar-refractivity contribution in [2.24, 2.45) is 0 Å². The molecule has 10 heteroatoms. The number of aromatic hydroxyl groups is 1. The van der Waals surface area contributed by atoms with Crippen LogP contribution in [-0.2, 0) is 0 Å². The molecule has 2 bridgehead atoms. The molecular formula is C23H24F2N6O2. The molecule has 2 aliphatic heterocycles. The van der Waals surface area contributed by atoms with Gasteiger partial charge < -0.3 is 20.1 Å². The maximum atomic E-state index is 14.9. The fraction of sp³-hybridized carbons (Fsp3) is 0.391. The maximum Gasteiger partial charge on any atom is 0.216 e. The van der Waals surface area contributed by atoms with Gasteiger partial charge in [-0.15, -0.1) is 10.2 Å². The fourth-order valence-electron chi connectivity index (χ4n) is 4.66. The zero-order chi connectivity index (χ0) is 25.6. The van der Waals surface area contributed by atoms with E-state index in [4.69, 9.17) is 8.85 Å². The number of ether oxygens (including phenoxy) is 1. The number of nitrogens with zero attached hydrogens (tertiary/aromatic N) is 5. The van der Waals surface area contributed by atoms with Crippen molar-refractivity contribution in [2.45, 2.75) is 43.6 Å². The van der Waals surface area contributed by atoms with Gasteiger partial charge in [-0.05, 0) is 42.5 Å². The van der Waals surface area contributed by atoms with Crippen molar-refractivity contribution in [3.05, 3.63) is 42.5 Å². The van der Waals surface area contributed by atoms with E-state index in [1.165, 1.54) is 24.4 Å². The zero-order valence-corrected chi connectivity index (χ0v) is 17.7. The molecule has 172 valence electrons. The third-order valence-electron chi connectivity index (χ3n) is 6.41. The predicted octanol–water partition coefficient (Wildman–Crippen LogP) is 3.12. The van der Waals surface area contributed by atoms with E-state index in [2.05, 4.69) is 25.5 Å². The Morgan fingerprint density at radius 1 is 1.21 bits per heavy atom. The number of methoxy groups -OCH3 is 1. The quantitative estimate of drug-likeness (QED) is 0.565. The van der Waals surface area contributed by atoms with Crippen LogP contribution in [0.2, 0.25) is 0 Å². The molecule has 8 nitrogen and oxygen atoms in total. The van der Waals surface area contributed by atoms with Crippen LogP contribution < -0.4 is 15.0 Å². The van der Waals surface area contributed by atoms with Gasteiger partial charge in [-0.2, -0.15) is 9.37 Å². The minimum Gasteiger partial charge on any atom is -0.507 e. The Labute approximate surface area is 193 Å². The Morgan fingerprint density at radius 2 is 2.09 bits per heavy atom. The Morgan fingerprint density at radius 3 is 2.85 bits per heavy atom. The molecular weight excluding hydrogens is 430 g/mol. The molecule has 2 fully saturated rings. The number of phenolic OH excluding ortho intramolecular Hbond substituents is 1. The summed E-state index contributed by atoms with van der Waals surface area (Å²) in [7, 11) is -1.01. The third-order valence-corrected chi connectivity index (χ3v) is 6.41. The van der Waals surface area contributed by atoms with Gasteiger partial charge in [0, 0.05) is 31.3 Å². The van der Waals surface area contributed by atoms with Gasteiger partial charge in [0.1, 0.15) is 11.9 Å². The first-order chi connectivity index (χ1) is 17.1. The highest BCUT2D eigenvalue weighted by Gasteiger charge is 2.43. The predicted molar refractivity (Wildman–Crippen MR) is 118 cm³/mol. The number of alkyl halides is 1. The van der Waals surface area contributed by atoms with E-state index >= 15 is 0 Å². The molecule has 2 saturated heterocycles. The molecule has 0 aliphatic carbocycles. The number of piperidine rings is 1. The smallest absolute Gasteiger partial charge is 0.216 e. The molecule has 2 N–H and O–H groups in total. The van der Waals surface area contributed by atoms with Crippen LogP contribution in [0.15, 0.2) is 36.5 Å². The SMILES string of the molecule is [2H]C([2H])([2H])Oc1cc(-c2ccc(-c3ncc(N(C)[C@H]4C[C@@H]5CC[C@H](N5)[C@H]4F)nn3)c(O)c2)cc(F)n1. The second-order valence-electron chi connectivity index (χ2n) is 8.40. The molecule has 33 heavy (non-hydrogen) atoms. The van der Waals surface area contributed by atoms with E-state index in [9.17, 15) is 13.9 Å². The number of aromatic nitrogens is 4. The molecule has 0 amide bonds. The average molecular weight is 457 g/mol. The van der Waals surface area contributed by atoms with Crippen LogP contribution in [0.25, 0.3) is 22.5 Å². The Bertz CT molecular complexity index is 1260. The average Bonchev–Trinajstić information content (AvgIpc) is 3.23. The van der Waals surface area contributed by atoms with Gasteiger partial charge >= 0.3 is 0 Å². The lowest BCUT2D eigenvalue weighted by atomic mass is 9.96. The van der Waals surface area contributed by atoms with Crippen molar-refractivity contribution in [3.63, 3.8) is 0 Å². The number of halogens is 2. The number of pyridine rings is 1. The van der Waals surface area contributed by atoms with E-state index in [0.717, 1.165) is 18.9 Å². The van der Waals surface area contributed by atoms with Gasteiger partial charge in [-0.3, -0.25) is 0 Å². The summed E-state index contributed by atoms with van der Waals surface area (Å²) in [5.41, 5.74) is 0.945. The van der Waals surface area contributed by atoms with E-state index in [0.29, 0.717) is 23.8 Å². The zero-order valence-electron chi connectivity index (χ0n) is 20.7. The summed E-state index contributed by atoms with van der Waals surface area (Å²) in [6.07, 6.45) is 2.94. The number of phenols is 1. The normalized spacial score (nSPS) is 25.7. The van der Waals surface area contributed by atoms with Crippen LogP contribution in [-0.4, -0.2) is 63.7 Å². The number of benzene rings is 1. The highest BCUT2D eigenvalue weighted by atomic mass is 19.1. The molecule has 5 rings (SSSR count). The van der Waals surface area contributed by atoms with Gasteiger partial charge in [0.15, 0.2) is 11.6 Å². The second-order valence-corrected chi connectivity index (χ2v) is 8.40. The van der Waals surface area contributed by atoms with Crippen LogP contribution >= 0.6 is 0 Å². The summed E-state index contributed by atoms with van der Waals surface area (Å²) in [4.78, 5) is 9.51. The van der Waals surface area contributed by atoms with Crippen LogP contribution in [0.5, 0.6) is 11.6 Å². The first kappa shape index (κ1) is 18.1.